The Morgan fingerprint density at radius 3 is 2.30 bits per heavy atom. The lowest BCUT2D eigenvalue weighted by atomic mass is 10.1. The van der Waals surface area contributed by atoms with E-state index in [9.17, 15) is 9.59 Å². The van der Waals surface area contributed by atoms with Crippen LogP contribution in [-0.2, 0) is 9.59 Å². The molecule has 0 saturated carbocycles. The zero-order chi connectivity index (χ0) is 26.4. The number of halogens is 1. The van der Waals surface area contributed by atoms with Crippen molar-refractivity contribution in [3.63, 3.8) is 0 Å². The van der Waals surface area contributed by atoms with Gasteiger partial charge in [-0.3, -0.25) is 14.5 Å². The number of anilines is 2. The van der Waals surface area contributed by atoms with Crippen molar-refractivity contribution in [1.29, 1.82) is 0 Å². The molecular formula is C27H34ClN5O3S. The third-order valence-electron chi connectivity index (χ3n) is 6.94. The number of rotatable bonds is 10. The molecule has 1 unspecified atom stereocenters. The number of piperazine rings is 1. The molecule has 1 atom stereocenters. The van der Waals surface area contributed by atoms with Crippen LogP contribution in [0.5, 0.6) is 5.75 Å². The summed E-state index contributed by atoms with van der Waals surface area (Å²) in [6.07, 6.45) is 0.856. The smallest absolute Gasteiger partial charge is 0.256 e. The predicted molar refractivity (Wildman–Crippen MR) is 151 cm³/mol. The molecule has 0 spiro atoms. The van der Waals surface area contributed by atoms with E-state index in [1.165, 1.54) is 4.90 Å². The van der Waals surface area contributed by atoms with E-state index in [0.29, 0.717) is 33.8 Å². The monoisotopic (exact) mass is 543 g/mol. The first kappa shape index (κ1) is 27.3. The van der Waals surface area contributed by atoms with Crippen molar-refractivity contribution in [3.8, 4) is 5.75 Å². The van der Waals surface area contributed by atoms with Crippen LogP contribution >= 0.6 is 23.8 Å². The third kappa shape index (κ3) is 6.78. The first-order valence-corrected chi connectivity index (χ1v) is 13.5. The summed E-state index contributed by atoms with van der Waals surface area (Å²) in [5.74, 6) is 0.258. The van der Waals surface area contributed by atoms with Crippen LogP contribution in [-0.4, -0.2) is 90.6 Å². The molecule has 1 N–H and O–H groups in total. The molecule has 8 nitrogen and oxygen atoms in total. The molecule has 2 amide bonds. The number of nitrogens with one attached hydrogen (secondary N) is 1. The lowest BCUT2D eigenvalue weighted by Gasteiger charge is -2.34. The van der Waals surface area contributed by atoms with Gasteiger partial charge in [0.1, 0.15) is 11.8 Å². The number of benzene rings is 2. The van der Waals surface area contributed by atoms with E-state index in [-0.39, 0.29) is 18.2 Å². The second-order valence-electron chi connectivity index (χ2n) is 9.25. The number of ether oxygens (including phenoxy) is 1. The molecule has 0 radical (unpaired) electrons. The van der Waals surface area contributed by atoms with Gasteiger partial charge < -0.3 is 24.8 Å². The van der Waals surface area contributed by atoms with E-state index in [4.69, 9.17) is 28.6 Å². The number of methoxy groups -OCH3 is 1. The lowest BCUT2D eigenvalue weighted by molar-refractivity contribution is -0.124. The maximum Gasteiger partial charge on any atom is 0.256 e. The molecule has 0 bridgehead atoms. The van der Waals surface area contributed by atoms with Crippen LogP contribution in [0.4, 0.5) is 11.4 Å². The summed E-state index contributed by atoms with van der Waals surface area (Å²) in [5.41, 5.74) is 1.30. The fraction of sp³-hybridized carbons (Fsp3) is 0.444. The highest BCUT2D eigenvalue weighted by Gasteiger charge is 2.43. The molecule has 0 aliphatic carbocycles. The summed E-state index contributed by atoms with van der Waals surface area (Å²) in [6.45, 7) is 9.05. The van der Waals surface area contributed by atoms with Crippen LogP contribution in [0.1, 0.15) is 19.8 Å². The van der Waals surface area contributed by atoms with Crippen molar-refractivity contribution in [2.24, 2.45) is 0 Å². The van der Waals surface area contributed by atoms with Crippen LogP contribution in [0.2, 0.25) is 5.02 Å². The van der Waals surface area contributed by atoms with Gasteiger partial charge in [-0.1, -0.05) is 18.5 Å². The van der Waals surface area contributed by atoms with Gasteiger partial charge in [0.25, 0.3) is 5.91 Å². The first-order valence-electron chi connectivity index (χ1n) is 12.7. The zero-order valence-corrected chi connectivity index (χ0v) is 22.9. The summed E-state index contributed by atoms with van der Waals surface area (Å²) < 4.78 is 5.18. The Morgan fingerprint density at radius 1 is 1.03 bits per heavy atom. The third-order valence-corrected chi connectivity index (χ3v) is 7.61. The average Bonchev–Trinajstić information content (AvgIpc) is 3.14. The van der Waals surface area contributed by atoms with Crippen molar-refractivity contribution in [2.45, 2.75) is 25.8 Å². The number of carbonyl (C=O) groups excluding carboxylic acids is 2. The Morgan fingerprint density at radius 2 is 1.68 bits per heavy atom. The van der Waals surface area contributed by atoms with Crippen LogP contribution in [0.3, 0.4) is 0 Å². The van der Waals surface area contributed by atoms with Crippen LogP contribution in [0.15, 0.2) is 48.5 Å². The summed E-state index contributed by atoms with van der Waals surface area (Å²) in [5, 5.41) is 3.89. The summed E-state index contributed by atoms with van der Waals surface area (Å²) in [7, 11) is 1.59. The summed E-state index contributed by atoms with van der Waals surface area (Å²) in [4.78, 5) is 34.9. The maximum absolute atomic E-state index is 13.6. The number of thiocarbonyl (C=S) groups is 1. The van der Waals surface area contributed by atoms with Crippen molar-refractivity contribution in [2.75, 3.05) is 63.1 Å². The first-order chi connectivity index (χ1) is 17.9. The quantitative estimate of drug-likeness (QED) is 0.458. The SMILES string of the molecule is CCN1CCN(CCCN2C(=S)N(c3ccc(Cl)cc3)C(=O)C2CC(=O)Nc2ccc(OC)cc2)CC1. The Balaban J connectivity index is 1.44. The molecule has 0 aromatic heterocycles. The number of nitrogens with zero attached hydrogens (tertiary/aromatic N) is 4. The average molecular weight is 544 g/mol. The molecule has 37 heavy (non-hydrogen) atoms. The van der Waals surface area contributed by atoms with E-state index in [0.717, 1.165) is 45.7 Å². The molecule has 2 saturated heterocycles. The molecule has 4 rings (SSSR count). The van der Waals surface area contributed by atoms with Crippen LogP contribution in [0, 0.1) is 0 Å². The normalized spacial score (nSPS) is 18.9. The zero-order valence-electron chi connectivity index (χ0n) is 21.4. The Labute approximate surface area is 229 Å². The minimum absolute atomic E-state index is 0.00423. The second kappa shape index (κ2) is 12.7. The molecule has 198 valence electrons. The van der Waals surface area contributed by atoms with Gasteiger partial charge in [-0.2, -0.15) is 0 Å². The molecule has 2 aliphatic rings. The lowest BCUT2D eigenvalue weighted by Crippen LogP contribution is -2.47. The van der Waals surface area contributed by atoms with Crippen molar-refractivity contribution >= 4 is 52.1 Å². The number of hydrogen-bond acceptors (Lipinski definition) is 6. The van der Waals surface area contributed by atoms with Gasteiger partial charge in [0.05, 0.1) is 19.2 Å². The van der Waals surface area contributed by atoms with Crippen molar-refractivity contribution < 1.29 is 14.3 Å². The maximum atomic E-state index is 13.6. The molecule has 2 fully saturated rings. The second-order valence-corrected chi connectivity index (χ2v) is 10.1. The standard InChI is InChI=1S/C27H34ClN5O3S/c1-3-30-15-17-31(18-16-30)13-4-14-32-24(19-25(34)29-21-7-11-23(36-2)12-8-21)26(35)33(27(32)37)22-9-5-20(28)6-10-22/h5-12,24H,3-4,13-19H2,1-2H3,(H,29,34). The molecular weight excluding hydrogens is 510 g/mol. The Bertz CT molecular complexity index is 1090. The van der Waals surface area contributed by atoms with Crippen molar-refractivity contribution in [1.82, 2.24) is 14.7 Å². The van der Waals surface area contributed by atoms with Crippen molar-refractivity contribution in [3.05, 3.63) is 53.6 Å². The van der Waals surface area contributed by atoms with Gasteiger partial charge in [0.2, 0.25) is 5.91 Å². The van der Waals surface area contributed by atoms with E-state index >= 15 is 0 Å². The highest BCUT2D eigenvalue weighted by Crippen LogP contribution is 2.29. The predicted octanol–water partition coefficient (Wildman–Crippen LogP) is 3.71. The highest BCUT2D eigenvalue weighted by atomic mass is 35.5. The van der Waals surface area contributed by atoms with Gasteiger partial charge >= 0.3 is 0 Å². The van der Waals surface area contributed by atoms with Gasteiger partial charge in [0.15, 0.2) is 5.11 Å². The minimum Gasteiger partial charge on any atom is -0.497 e. The fourth-order valence-corrected chi connectivity index (χ4v) is 5.31. The number of amides is 2. The van der Waals surface area contributed by atoms with E-state index in [1.807, 2.05) is 4.90 Å². The van der Waals surface area contributed by atoms with Gasteiger partial charge in [-0.05, 0) is 80.3 Å². The summed E-state index contributed by atoms with van der Waals surface area (Å²) >= 11 is 11.8. The van der Waals surface area contributed by atoms with E-state index in [2.05, 4.69) is 22.0 Å². The topological polar surface area (TPSA) is 68.4 Å². The Kier molecular flexibility index (Phi) is 9.37. The highest BCUT2D eigenvalue weighted by molar-refractivity contribution is 7.80. The molecule has 10 heteroatoms. The Hall–Kier alpha value is -2.72. The van der Waals surface area contributed by atoms with Gasteiger partial charge in [-0.25, -0.2) is 0 Å². The van der Waals surface area contributed by atoms with Gasteiger partial charge in [-0.15, -0.1) is 0 Å². The van der Waals surface area contributed by atoms with E-state index < -0.39 is 6.04 Å². The number of carbonyl (C=O) groups is 2. The summed E-state index contributed by atoms with van der Waals surface area (Å²) in [6, 6.07) is 13.4. The minimum atomic E-state index is -0.668. The molecule has 2 heterocycles. The molecule has 2 aromatic rings. The van der Waals surface area contributed by atoms with Crippen LogP contribution < -0.4 is 15.0 Å². The number of likely N-dealkylation sites (N-methyl/N-ethyl adjacent to an activating group) is 1. The largest absolute Gasteiger partial charge is 0.497 e. The van der Waals surface area contributed by atoms with Gasteiger partial charge in [0, 0.05) is 43.4 Å². The number of hydrogen-bond donors (Lipinski definition) is 1. The van der Waals surface area contributed by atoms with E-state index in [1.54, 1.807) is 55.6 Å². The molecule has 2 aliphatic heterocycles. The van der Waals surface area contributed by atoms with Crippen LogP contribution in [0.25, 0.3) is 0 Å². The molecule has 2 aromatic carbocycles. The fourth-order valence-electron chi connectivity index (χ4n) is 4.77.